The Morgan fingerprint density at radius 2 is 1.11 bits per heavy atom. The number of carboxylic acids is 3. The first kappa shape index (κ1) is 41.2. The number of carboxylic acid groups (broad SMARTS) is 3. The molecule has 46 heavy (non-hydrogen) atoms. The van der Waals surface area contributed by atoms with Crippen LogP contribution in [0, 0.1) is 56.0 Å². The first-order chi connectivity index (χ1) is 21.2. The smallest absolute Gasteiger partial charge is 0.549 e. The van der Waals surface area contributed by atoms with Crippen LogP contribution in [0.5, 0.6) is 5.75 Å². The van der Waals surface area contributed by atoms with E-state index in [0.29, 0.717) is 0 Å². The van der Waals surface area contributed by atoms with E-state index < -0.39 is 60.9 Å². The van der Waals surface area contributed by atoms with Crippen LogP contribution in [0.3, 0.4) is 0 Å². The number of ether oxygens (including phenoxy) is 1. The molecule has 1 aliphatic rings. The monoisotopic (exact) mass is 793 g/mol. The molecule has 0 saturated carbocycles. The van der Waals surface area contributed by atoms with E-state index in [-0.39, 0.29) is 123 Å². The third-order valence-electron chi connectivity index (χ3n) is 6.88. The molecule has 1 saturated heterocycles. The van der Waals surface area contributed by atoms with Crippen LogP contribution in [0.4, 0.5) is 5.69 Å². The van der Waals surface area contributed by atoms with Crippen LogP contribution in [0.25, 0.3) is 0 Å². The van der Waals surface area contributed by atoms with Crippen molar-refractivity contribution in [1.29, 1.82) is 0 Å². The summed E-state index contributed by atoms with van der Waals surface area (Å²) in [5.41, 5.74) is -0.177. The normalized spacial score (nSPS) is 16.0. The van der Waals surface area contributed by atoms with E-state index in [1.54, 1.807) is 14.7 Å². The van der Waals surface area contributed by atoms with Gasteiger partial charge in [-0.1, -0.05) is 13.8 Å². The zero-order chi connectivity index (χ0) is 33.5. The van der Waals surface area contributed by atoms with Gasteiger partial charge >= 0.3 is 45.9 Å². The number of amides is 1. The summed E-state index contributed by atoms with van der Waals surface area (Å²) in [5.74, 6) is -5.11. The maximum Gasteiger partial charge on any atom is 3.00 e. The summed E-state index contributed by atoms with van der Waals surface area (Å²) in [7, 11) is 0. The molecule has 1 radical (unpaired) electrons. The molecule has 1 heterocycles. The number of hydrogen-bond acceptors (Lipinski definition) is 15. The number of aliphatic carboxylic acids is 3. The molecular weight excluding hydrogens is 754 g/mol. The zero-order valence-electron chi connectivity index (χ0n) is 25.8. The summed E-state index contributed by atoms with van der Waals surface area (Å²) in [5, 5.41) is 44.9. The molecule has 1 aromatic carbocycles. The van der Waals surface area contributed by atoms with Gasteiger partial charge in [-0.2, -0.15) is 0 Å². The van der Waals surface area contributed by atoms with Gasteiger partial charge in [-0.25, -0.2) is 4.79 Å². The summed E-state index contributed by atoms with van der Waals surface area (Å²) in [4.78, 5) is 78.2. The van der Waals surface area contributed by atoms with Crippen molar-refractivity contribution in [1.82, 2.24) is 24.5 Å². The SMILES string of the molecule is CC(C)CN(CC(=O)Oc1ccc([N+](=O)[O-])cc1)C(=O)CN1CCN(CC(=O)[O-])CCN(CC(=O)[O-])CCN(CC(=O)[O-])CC1.[Gd+3]. The molecule has 1 aromatic rings. The van der Waals surface area contributed by atoms with Gasteiger partial charge in [0.15, 0.2) is 0 Å². The van der Waals surface area contributed by atoms with Crippen molar-refractivity contribution in [3.05, 3.63) is 34.4 Å². The Labute approximate surface area is 298 Å². The van der Waals surface area contributed by atoms with Gasteiger partial charge in [-0.15, -0.1) is 0 Å². The summed E-state index contributed by atoms with van der Waals surface area (Å²) in [6.45, 7) is 3.49. The number of hydrogen-bond donors (Lipinski definition) is 0. The van der Waals surface area contributed by atoms with E-state index in [1.807, 2.05) is 13.8 Å². The summed E-state index contributed by atoms with van der Waals surface area (Å²) >= 11 is 0. The molecule has 17 nitrogen and oxygen atoms in total. The quantitative estimate of drug-likeness (QED) is 0.0749. The molecule has 0 unspecified atom stereocenters. The van der Waals surface area contributed by atoms with Gasteiger partial charge < -0.3 is 39.3 Å². The Morgan fingerprint density at radius 3 is 1.43 bits per heavy atom. The predicted molar refractivity (Wildman–Crippen MR) is 151 cm³/mol. The van der Waals surface area contributed by atoms with E-state index >= 15 is 0 Å². The molecular formula is C28H39GdN6O11. The van der Waals surface area contributed by atoms with Crippen LogP contribution < -0.4 is 20.1 Å². The van der Waals surface area contributed by atoms with Crippen molar-refractivity contribution in [2.24, 2.45) is 5.92 Å². The molecule has 0 N–H and O–H groups in total. The number of carbonyl (C=O) groups is 5. The number of nitro groups is 1. The Kier molecular flexibility index (Phi) is 18.9. The zero-order valence-corrected chi connectivity index (χ0v) is 28.1. The number of carbonyl (C=O) groups excluding carboxylic acids is 5. The fourth-order valence-electron chi connectivity index (χ4n) is 4.70. The average Bonchev–Trinajstić information content (AvgIpc) is 2.93. The Morgan fingerprint density at radius 1 is 0.739 bits per heavy atom. The summed E-state index contributed by atoms with van der Waals surface area (Å²) in [6.07, 6.45) is 0. The van der Waals surface area contributed by atoms with E-state index in [2.05, 4.69) is 0 Å². The minimum absolute atomic E-state index is 0. The minimum Gasteiger partial charge on any atom is -0.549 e. The topological polar surface area (TPSA) is 223 Å². The maximum atomic E-state index is 13.5. The van der Waals surface area contributed by atoms with E-state index in [9.17, 15) is 49.4 Å². The minimum atomic E-state index is -1.33. The molecule has 1 amide bonds. The van der Waals surface area contributed by atoms with Gasteiger partial charge in [0.25, 0.3) is 5.69 Å². The third-order valence-corrected chi connectivity index (χ3v) is 6.88. The maximum absolute atomic E-state index is 13.5. The summed E-state index contributed by atoms with van der Waals surface area (Å²) < 4.78 is 5.28. The first-order valence-electron chi connectivity index (χ1n) is 14.4. The van der Waals surface area contributed by atoms with E-state index in [1.165, 1.54) is 34.1 Å². The molecule has 0 aromatic heterocycles. The second-order valence-electron chi connectivity index (χ2n) is 11.1. The molecule has 0 aliphatic carbocycles. The Bertz CT molecular complexity index is 1150. The van der Waals surface area contributed by atoms with Gasteiger partial charge in [-0.3, -0.25) is 34.5 Å². The Balaban J connectivity index is 0.0000106. The van der Waals surface area contributed by atoms with Gasteiger partial charge in [0.2, 0.25) is 5.91 Å². The molecule has 0 bridgehead atoms. The molecule has 18 heteroatoms. The van der Waals surface area contributed by atoms with Crippen LogP contribution >= 0.6 is 0 Å². The van der Waals surface area contributed by atoms with Crippen LogP contribution in [0.15, 0.2) is 24.3 Å². The summed E-state index contributed by atoms with van der Waals surface area (Å²) in [6, 6.07) is 4.92. The molecule has 0 spiro atoms. The van der Waals surface area contributed by atoms with Crippen molar-refractivity contribution in [3.8, 4) is 5.75 Å². The number of rotatable bonds is 14. The van der Waals surface area contributed by atoms with Crippen molar-refractivity contribution in [2.75, 3.05) is 91.6 Å². The second kappa shape index (κ2) is 21.1. The van der Waals surface area contributed by atoms with Gasteiger partial charge in [0, 0.05) is 90.7 Å². The average molecular weight is 793 g/mol. The van der Waals surface area contributed by atoms with Gasteiger partial charge in [0.1, 0.15) is 12.3 Å². The predicted octanol–water partition coefficient (Wildman–Crippen LogP) is -4.54. The van der Waals surface area contributed by atoms with Crippen molar-refractivity contribution < 1.29 is 88.9 Å². The fourth-order valence-corrected chi connectivity index (χ4v) is 4.70. The van der Waals surface area contributed by atoms with E-state index in [4.69, 9.17) is 4.74 Å². The standard InChI is InChI=1S/C28H42N6O11.Gd/c1-21(2)15-33(20-28(42)45-23-5-3-22(4-6-23)34(43)44)24(35)16-29-7-9-30(17-25(36)37)11-13-32(19-27(40)41)14-12-31(10-8-29)18-26(38)39;/h3-6,21H,7-20H2,1-2H3,(H,36,37)(H,38,39)(H,40,41);/q;+3/p-3. The molecule has 0 atom stereocenters. The number of benzene rings is 1. The van der Waals surface area contributed by atoms with Gasteiger partial charge in [-0.05, 0) is 18.1 Å². The number of esters is 1. The van der Waals surface area contributed by atoms with Crippen LogP contribution in [0.2, 0.25) is 0 Å². The molecule has 255 valence electrons. The number of nitro benzene ring substituents is 1. The number of nitrogens with zero attached hydrogens (tertiary/aromatic N) is 6. The van der Waals surface area contributed by atoms with Crippen LogP contribution in [-0.2, 0) is 24.0 Å². The van der Waals surface area contributed by atoms with Crippen LogP contribution in [0.1, 0.15) is 13.8 Å². The van der Waals surface area contributed by atoms with Crippen molar-refractivity contribution >= 4 is 35.5 Å². The third kappa shape index (κ3) is 16.6. The molecule has 1 aliphatic heterocycles. The molecule has 2 rings (SSSR count). The fraction of sp³-hybridized carbons (Fsp3) is 0.607. The first-order valence-corrected chi connectivity index (χ1v) is 14.4. The second-order valence-corrected chi connectivity index (χ2v) is 11.1. The van der Waals surface area contributed by atoms with Crippen molar-refractivity contribution in [3.63, 3.8) is 0 Å². The largest absolute Gasteiger partial charge is 3.00 e. The van der Waals surface area contributed by atoms with Crippen LogP contribution in [-0.4, -0.2) is 151 Å². The van der Waals surface area contributed by atoms with E-state index in [0.717, 1.165) is 0 Å². The van der Waals surface area contributed by atoms with Crippen molar-refractivity contribution in [2.45, 2.75) is 13.8 Å². The molecule has 1 fully saturated rings. The Hall–Kier alpha value is -2.87. The van der Waals surface area contributed by atoms with Gasteiger partial charge in [0.05, 0.1) is 29.4 Å². The number of non-ortho nitro benzene ring substituents is 1.